The molecule has 0 spiro atoms. The zero-order chi connectivity index (χ0) is 20.9. The van der Waals surface area contributed by atoms with E-state index < -0.39 is 5.97 Å². The van der Waals surface area contributed by atoms with Gasteiger partial charge in [0.15, 0.2) is 0 Å². The molecule has 1 aliphatic rings. The first-order valence-corrected chi connectivity index (χ1v) is 10.3. The molecular formula is C25H25NO4. The summed E-state index contributed by atoms with van der Waals surface area (Å²) in [6, 6.07) is 15.9. The van der Waals surface area contributed by atoms with Crippen LogP contribution in [0.15, 0.2) is 59.0 Å². The summed E-state index contributed by atoms with van der Waals surface area (Å²) in [7, 11) is 0. The predicted molar refractivity (Wildman–Crippen MR) is 115 cm³/mol. The summed E-state index contributed by atoms with van der Waals surface area (Å²) < 4.78 is 12.0. The van der Waals surface area contributed by atoms with Crippen LogP contribution in [0.3, 0.4) is 0 Å². The molecule has 3 aromatic rings. The lowest BCUT2D eigenvalue weighted by Crippen LogP contribution is -2.08. The minimum Gasteiger partial charge on any atom is -0.493 e. The van der Waals surface area contributed by atoms with E-state index in [0.29, 0.717) is 25.3 Å². The molecule has 5 heteroatoms. The Bertz CT molecular complexity index is 1070. The second-order valence-electron chi connectivity index (χ2n) is 7.43. The van der Waals surface area contributed by atoms with Crippen LogP contribution in [0.4, 0.5) is 0 Å². The number of aryl methyl sites for hydroxylation is 1. The van der Waals surface area contributed by atoms with E-state index in [1.165, 1.54) is 5.56 Å². The average molecular weight is 403 g/mol. The molecule has 1 aliphatic carbocycles. The normalized spacial score (nSPS) is 12.9. The van der Waals surface area contributed by atoms with Gasteiger partial charge in [0.2, 0.25) is 5.89 Å². The van der Waals surface area contributed by atoms with Gasteiger partial charge in [-0.15, -0.1) is 0 Å². The molecule has 0 aliphatic heterocycles. The first-order chi connectivity index (χ1) is 14.6. The van der Waals surface area contributed by atoms with Crippen molar-refractivity contribution in [2.24, 2.45) is 0 Å². The van der Waals surface area contributed by atoms with Crippen LogP contribution in [-0.2, 0) is 17.6 Å². The van der Waals surface area contributed by atoms with E-state index in [-0.39, 0.29) is 6.42 Å². The number of aliphatic carboxylic acids is 1. The molecule has 0 atom stereocenters. The Morgan fingerprint density at radius 1 is 1.13 bits per heavy atom. The van der Waals surface area contributed by atoms with Crippen molar-refractivity contribution in [2.75, 3.05) is 6.61 Å². The molecule has 0 fully saturated rings. The minimum absolute atomic E-state index is 0.144. The number of nitrogens with zero attached hydrogens (tertiary/aromatic N) is 1. The van der Waals surface area contributed by atoms with Gasteiger partial charge in [0.25, 0.3) is 0 Å². The van der Waals surface area contributed by atoms with Crippen LogP contribution >= 0.6 is 0 Å². The average Bonchev–Trinajstić information content (AvgIpc) is 3.13. The second-order valence-corrected chi connectivity index (χ2v) is 7.43. The Morgan fingerprint density at radius 2 is 1.97 bits per heavy atom. The lowest BCUT2D eigenvalue weighted by Gasteiger charge is -2.20. The topological polar surface area (TPSA) is 72.6 Å². The number of allylic oxidation sites excluding steroid dienone is 2. The third-order valence-corrected chi connectivity index (χ3v) is 5.38. The number of aromatic nitrogens is 1. The fourth-order valence-electron chi connectivity index (χ4n) is 3.86. The summed E-state index contributed by atoms with van der Waals surface area (Å²) >= 11 is 0. The van der Waals surface area contributed by atoms with E-state index >= 15 is 0 Å². The molecule has 2 aromatic carbocycles. The molecule has 0 unspecified atom stereocenters. The van der Waals surface area contributed by atoms with Crippen molar-refractivity contribution in [1.29, 1.82) is 0 Å². The maximum atomic E-state index is 11.0. The Kier molecular flexibility index (Phi) is 5.98. The first kappa shape index (κ1) is 20.0. The maximum Gasteiger partial charge on any atom is 0.303 e. The number of carbonyl (C=O) groups is 1. The van der Waals surface area contributed by atoms with Gasteiger partial charge in [-0.2, -0.15) is 0 Å². The van der Waals surface area contributed by atoms with Crippen molar-refractivity contribution in [3.05, 3.63) is 77.2 Å². The van der Waals surface area contributed by atoms with Crippen molar-refractivity contribution in [3.63, 3.8) is 0 Å². The number of ether oxygens (including phenoxy) is 1. The van der Waals surface area contributed by atoms with Gasteiger partial charge in [0, 0.05) is 24.0 Å². The summed E-state index contributed by atoms with van der Waals surface area (Å²) in [5.74, 6) is 1.55. The number of hydrogen-bond donors (Lipinski definition) is 1. The fraction of sp³-hybridized carbons (Fsp3) is 0.280. The molecule has 0 radical (unpaired) electrons. The number of carboxylic acid groups (broad SMARTS) is 1. The standard InChI is InChI=1S/C25H25NO4/c1-17-22(26-25(30-17)19-7-3-2-4-8-19)15-16-29-23-12-6-10-20-18(13-14-24(27)28)9-5-11-21(20)23/h2-4,6-10,12H,5,11,13-16H2,1H3,(H,27,28). The molecule has 0 bridgehead atoms. The Labute approximate surface area is 176 Å². The van der Waals surface area contributed by atoms with Gasteiger partial charge in [0.05, 0.1) is 12.3 Å². The molecule has 1 aromatic heterocycles. The molecule has 5 nitrogen and oxygen atoms in total. The first-order valence-electron chi connectivity index (χ1n) is 10.3. The van der Waals surface area contributed by atoms with Crippen LogP contribution < -0.4 is 4.74 Å². The van der Waals surface area contributed by atoms with Crippen LogP contribution in [0.1, 0.15) is 41.8 Å². The van der Waals surface area contributed by atoms with E-state index in [0.717, 1.165) is 46.7 Å². The monoisotopic (exact) mass is 403 g/mol. The molecule has 1 heterocycles. The van der Waals surface area contributed by atoms with Gasteiger partial charge in [-0.1, -0.05) is 36.4 Å². The van der Waals surface area contributed by atoms with E-state index in [1.807, 2.05) is 49.4 Å². The van der Waals surface area contributed by atoms with Crippen LogP contribution in [0.2, 0.25) is 0 Å². The van der Waals surface area contributed by atoms with Gasteiger partial charge in [-0.05, 0) is 55.5 Å². The third kappa shape index (κ3) is 4.46. The highest BCUT2D eigenvalue weighted by molar-refractivity contribution is 5.76. The van der Waals surface area contributed by atoms with E-state index in [4.69, 9.17) is 14.3 Å². The van der Waals surface area contributed by atoms with Crippen molar-refractivity contribution in [1.82, 2.24) is 4.98 Å². The van der Waals surface area contributed by atoms with Crippen molar-refractivity contribution in [3.8, 4) is 17.2 Å². The van der Waals surface area contributed by atoms with Gasteiger partial charge >= 0.3 is 5.97 Å². The maximum absolute atomic E-state index is 11.0. The quantitative estimate of drug-likeness (QED) is 0.540. The minimum atomic E-state index is -0.770. The fourth-order valence-corrected chi connectivity index (χ4v) is 3.86. The van der Waals surface area contributed by atoms with Crippen molar-refractivity contribution in [2.45, 2.75) is 39.0 Å². The van der Waals surface area contributed by atoms with Gasteiger partial charge in [-0.3, -0.25) is 4.79 Å². The molecule has 4 rings (SSSR count). The molecular weight excluding hydrogens is 378 g/mol. The Balaban J connectivity index is 1.43. The van der Waals surface area contributed by atoms with E-state index in [1.54, 1.807) is 0 Å². The van der Waals surface area contributed by atoms with Gasteiger partial charge < -0.3 is 14.3 Å². The highest BCUT2D eigenvalue weighted by Crippen LogP contribution is 2.35. The number of hydrogen-bond acceptors (Lipinski definition) is 4. The Morgan fingerprint density at radius 3 is 2.77 bits per heavy atom. The highest BCUT2D eigenvalue weighted by atomic mass is 16.5. The number of rotatable bonds is 8. The van der Waals surface area contributed by atoms with E-state index in [9.17, 15) is 4.79 Å². The molecule has 1 N–H and O–H groups in total. The largest absolute Gasteiger partial charge is 0.493 e. The summed E-state index contributed by atoms with van der Waals surface area (Å²) in [5.41, 5.74) is 5.25. The zero-order valence-corrected chi connectivity index (χ0v) is 17.1. The SMILES string of the molecule is Cc1oc(-c2ccccc2)nc1CCOc1cccc2c1CCC=C2CCC(=O)O. The molecule has 0 saturated carbocycles. The molecule has 154 valence electrons. The second kappa shape index (κ2) is 8.99. The summed E-state index contributed by atoms with van der Waals surface area (Å²) in [6.45, 7) is 2.44. The van der Waals surface area contributed by atoms with Crippen LogP contribution in [-0.4, -0.2) is 22.7 Å². The van der Waals surface area contributed by atoms with Crippen molar-refractivity contribution < 1.29 is 19.1 Å². The predicted octanol–water partition coefficient (Wildman–Crippen LogP) is 5.47. The summed E-state index contributed by atoms with van der Waals surface area (Å²) in [5, 5.41) is 9.00. The number of benzene rings is 2. The van der Waals surface area contributed by atoms with Gasteiger partial charge in [-0.25, -0.2) is 4.98 Å². The van der Waals surface area contributed by atoms with Crippen LogP contribution in [0.5, 0.6) is 5.75 Å². The van der Waals surface area contributed by atoms with Crippen LogP contribution in [0, 0.1) is 6.92 Å². The third-order valence-electron chi connectivity index (χ3n) is 5.38. The molecule has 0 amide bonds. The number of carboxylic acids is 1. The number of oxazole rings is 1. The number of fused-ring (bicyclic) bond motifs is 1. The van der Waals surface area contributed by atoms with Crippen LogP contribution in [0.25, 0.3) is 17.0 Å². The van der Waals surface area contributed by atoms with Crippen molar-refractivity contribution >= 4 is 11.5 Å². The Hall–Kier alpha value is -3.34. The lowest BCUT2D eigenvalue weighted by molar-refractivity contribution is -0.136. The summed E-state index contributed by atoms with van der Waals surface area (Å²) in [4.78, 5) is 15.6. The molecule has 0 saturated heterocycles. The lowest BCUT2D eigenvalue weighted by atomic mass is 9.88. The molecule has 30 heavy (non-hydrogen) atoms. The smallest absolute Gasteiger partial charge is 0.303 e. The highest BCUT2D eigenvalue weighted by Gasteiger charge is 2.18. The zero-order valence-electron chi connectivity index (χ0n) is 17.1. The summed E-state index contributed by atoms with van der Waals surface area (Å²) in [6.07, 6.45) is 5.32. The van der Waals surface area contributed by atoms with E-state index in [2.05, 4.69) is 17.1 Å². The van der Waals surface area contributed by atoms with Gasteiger partial charge in [0.1, 0.15) is 11.5 Å².